The van der Waals surface area contributed by atoms with Gasteiger partial charge in [-0.25, -0.2) is 14.4 Å². The van der Waals surface area contributed by atoms with Gasteiger partial charge in [0.25, 0.3) is 0 Å². The van der Waals surface area contributed by atoms with E-state index in [0.29, 0.717) is 0 Å². The third-order valence-electron chi connectivity index (χ3n) is 5.73. The molecule has 0 fully saturated rings. The van der Waals surface area contributed by atoms with Gasteiger partial charge in [-0.1, -0.05) is 19.6 Å². The molecular formula is C21H45N3O9Si3. The molecule has 36 heavy (non-hydrogen) atoms. The van der Waals surface area contributed by atoms with Crippen LogP contribution in [0.5, 0.6) is 0 Å². The van der Waals surface area contributed by atoms with E-state index in [2.05, 4.69) is 0 Å². The molecule has 0 unspecified atom stereocenters. The first-order valence-corrected chi connectivity index (χ1v) is 19.4. The minimum Gasteiger partial charge on any atom is -0.337 e. The molecule has 0 aliphatic heterocycles. The zero-order chi connectivity index (χ0) is 27.6. The smallest absolute Gasteiger partial charge is 0.337 e. The molecule has 0 bridgehead atoms. The van der Waals surface area contributed by atoms with Gasteiger partial charge in [0, 0.05) is 39.6 Å². The average molecular weight is 568 g/mol. The molecule has 1 aromatic heterocycles. The van der Waals surface area contributed by atoms with Gasteiger partial charge in [0.1, 0.15) is 28.6 Å². The summed E-state index contributed by atoms with van der Waals surface area (Å²) < 4.78 is 38.6. The highest BCUT2D eigenvalue weighted by Gasteiger charge is 2.46. The molecule has 0 aliphatic rings. The maximum Gasteiger partial charge on any atom is 0.344 e. The van der Waals surface area contributed by atoms with Crippen molar-refractivity contribution in [3.8, 4) is 0 Å². The fraction of sp³-hybridized carbons (Fsp3) is 0.857. The van der Waals surface area contributed by atoms with Crippen molar-refractivity contribution in [1.29, 1.82) is 0 Å². The van der Waals surface area contributed by atoms with Crippen LogP contribution in [0.2, 0.25) is 19.6 Å². The monoisotopic (exact) mass is 567 g/mol. The second kappa shape index (κ2) is 14.7. The van der Waals surface area contributed by atoms with E-state index in [1.807, 2.05) is 19.6 Å². The summed E-state index contributed by atoms with van der Waals surface area (Å²) in [6.45, 7) is 17.2. The molecule has 0 amide bonds. The van der Waals surface area contributed by atoms with E-state index in [9.17, 15) is 14.4 Å². The van der Waals surface area contributed by atoms with Gasteiger partial charge in [-0.05, 0) is 41.5 Å². The first-order valence-electron chi connectivity index (χ1n) is 13.0. The van der Waals surface area contributed by atoms with Crippen LogP contribution in [-0.4, -0.2) is 81.9 Å². The van der Waals surface area contributed by atoms with Crippen LogP contribution in [0.3, 0.4) is 0 Å². The summed E-state index contributed by atoms with van der Waals surface area (Å²) in [4.78, 5) is 42.5. The summed E-state index contributed by atoms with van der Waals surface area (Å²) in [5.41, 5.74) is -7.62. The minimum atomic E-state index is -1.63. The van der Waals surface area contributed by atoms with Gasteiger partial charge in [0.15, 0.2) is 0 Å². The quantitative estimate of drug-likeness (QED) is 0.158. The maximum atomic E-state index is 14.2. The predicted octanol–water partition coefficient (Wildman–Crippen LogP) is -1.26. The van der Waals surface area contributed by atoms with Crippen LogP contribution < -0.4 is 17.1 Å². The maximum absolute atomic E-state index is 14.2. The standard InChI is InChI=1S/C21H45N3O9Si3/c1-10-28-19(34-7,29-11-2)22-16(25)23(20(35-8,30-12-3)31-13-4)18(27)24(17(22)26)21(36-9,32-14-5)33-15-6/h10-15,34-36H2,1-9H3. The third-order valence-corrected chi connectivity index (χ3v) is 10.6. The molecule has 0 atom stereocenters. The Bertz CT molecular complexity index is 823. The molecule has 210 valence electrons. The van der Waals surface area contributed by atoms with Crippen LogP contribution in [0.4, 0.5) is 0 Å². The van der Waals surface area contributed by atoms with Gasteiger partial charge in [0.05, 0.1) is 0 Å². The molecule has 0 spiro atoms. The number of hydrogen-bond acceptors (Lipinski definition) is 9. The van der Waals surface area contributed by atoms with Crippen LogP contribution in [0.1, 0.15) is 41.5 Å². The van der Waals surface area contributed by atoms with Crippen LogP contribution in [-0.2, 0) is 45.0 Å². The Hall–Kier alpha value is -1.18. The third kappa shape index (κ3) is 6.10. The lowest BCUT2D eigenvalue weighted by molar-refractivity contribution is -0.262. The van der Waals surface area contributed by atoms with Crippen LogP contribution in [0.15, 0.2) is 14.4 Å². The summed E-state index contributed by atoms with van der Waals surface area (Å²) in [6.07, 6.45) is 0. The number of aromatic nitrogens is 3. The number of ether oxygens (including phenoxy) is 6. The molecule has 1 rings (SSSR count). The van der Waals surface area contributed by atoms with Gasteiger partial charge < -0.3 is 28.4 Å². The molecule has 0 N–H and O–H groups in total. The second-order valence-electron chi connectivity index (χ2n) is 7.65. The number of rotatable bonds is 18. The molecule has 12 nitrogen and oxygen atoms in total. The summed E-state index contributed by atoms with van der Waals surface area (Å²) in [7, 11) is -4.15. The fourth-order valence-corrected chi connectivity index (χ4v) is 8.58. The van der Waals surface area contributed by atoms with Crippen molar-refractivity contribution in [1.82, 2.24) is 13.7 Å². The molecular weight excluding hydrogens is 523 g/mol. The Labute approximate surface area is 219 Å². The predicted molar refractivity (Wildman–Crippen MR) is 146 cm³/mol. The highest BCUT2D eigenvalue weighted by Crippen LogP contribution is 2.21. The highest BCUT2D eigenvalue weighted by atomic mass is 28.2. The Morgan fingerprint density at radius 3 is 0.750 bits per heavy atom. The van der Waals surface area contributed by atoms with Gasteiger partial charge in [-0.15, -0.1) is 0 Å². The van der Waals surface area contributed by atoms with Crippen LogP contribution in [0, 0.1) is 0 Å². The molecule has 0 aliphatic carbocycles. The van der Waals surface area contributed by atoms with Crippen molar-refractivity contribution in [2.75, 3.05) is 39.6 Å². The van der Waals surface area contributed by atoms with E-state index in [1.54, 1.807) is 41.5 Å². The summed E-state index contributed by atoms with van der Waals surface area (Å²) in [5.74, 6) is 0. The lowest BCUT2D eigenvalue weighted by atomic mass is 10.6. The average Bonchev–Trinajstić information content (AvgIpc) is 2.84. The number of hydrogen-bond donors (Lipinski definition) is 0. The summed E-state index contributed by atoms with van der Waals surface area (Å²) >= 11 is 0. The Morgan fingerprint density at radius 1 is 0.472 bits per heavy atom. The lowest BCUT2D eigenvalue weighted by Crippen LogP contribution is -2.71. The highest BCUT2D eigenvalue weighted by molar-refractivity contribution is 6.36. The van der Waals surface area contributed by atoms with Crippen LogP contribution >= 0.6 is 0 Å². The van der Waals surface area contributed by atoms with E-state index in [1.165, 1.54) is 0 Å². The van der Waals surface area contributed by atoms with E-state index >= 15 is 0 Å². The van der Waals surface area contributed by atoms with Crippen LogP contribution in [0.25, 0.3) is 0 Å². The van der Waals surface area contributed by atoms with Gasteiger partial charge in [0.2, 0.25) is 16.6 Å². The van der Waals surface area contributed by atoms with E-state index in [4.69, 9.17) is 28.4 Å². The Kier molecular flexibility index (Phi) is 13.4. The van der Waals surface area contributed by atoms with Crippen molar-refractivity contribution in [3.05, 3.63) is 31.5 Å². The van der Waals surface area contributed by atoms with Crippen molar-refractivity contribution in [3.63, 3.8) is 0 Å². The van der Waals surface area contributed by atoms with Crippen molar-refractivity contribution >= 4 is 28.6 Å². The largest absolute Gasteiger partial charge is 0.344 e. The first kappa shape index (κ1) is 32.8. The second-order valence-corrected chi connectivity index (χ2v) is 12.5. The zero-order valence-corrected chi connectivity index (χ0v) is 27.6. The molecule has 0 saturated heterocycles. The van der Waals surface area contributed by atoms with E-state index in [0.717, 1.165) is 13.7 Å². The first-order chi connectivity index (χ1) is 17.1. The molecule has 1 heterocycles. The molecule has 0 radical (unpaired) electrons. The Morgan fingerprint density at radius 2 is 0.639 bits per heavy atom. The summed E-state index contributed by atoms with van der Waals surface area (Å²) in [5, 5.41) is 0. The van der Waals surface area contributed by atoms with Crippen molar-refractivity contribution < 1.29 is 28.4 Å². The van der Waals surface area contributed by atoms with Crippen molar-refractivity contribution in [2.45, 2.75) is 77.8 Å². The SMILES string of the molecule is CCOC(OCC)([SiH2]C)n1c(=O)n(C(OCC)(OCC)[SiH2]C)c(=O)n(C(OCC)(OCC)[SiH2]C)c1=O. The van der Waals surface area contributed by atoms with E-state index in [-0.39, 0.29) is 39.6 Å². The molecule has 0 saturated carbocycles. The van der Waals surface area contributed by atoms with Gasteiger partial charge >= 0.3 is 17.1 Å². The van der Waals surface area contributed by atoms with Crippen molar-refractivity contribution in [2.24, 2.45) is 0 Å². The zero-order valence-electron chi connectivity index (χ0n) is 23.4. The normalized spacial score (nSPS) is 13.9. The topological polar surface area (TPSA) is 121 Å². The van der Waals surface area contributed by atoms with Gasteiger partial charge in [-0.2, -0.15) is 13.7 Å². The summed E-state index contributed by atoms with van der Waals surface area (Å²) in [6, 6.07) is 0. The lowest BCUT2D eigenvalue weighted by Gasteiger charge is -2.40. The van der Waals surface area contributed by atoms with E-state index < -0.39 is 62.2 Å². The molecule has 0 aromatic carbocycles. The van der Waals surface area contributed by atoms with Gasteiger partial charge in [-0.3, -0.25) is 0 Å². The minimum absolute atomic E-state index is 0.182. The molecule has 15 heteroatoms. The molecule has 1 aromatic rings. The number of nitrogens with zero attached hydrogens (tertiary/aromatic N) is 3. The Balaban J connectivity index is 4.54. The fourth-order valence-electron chi connectivity index (χ4n) is 4.37.